The lowest BCUT2D eigenvalue weighted by molar-refractivity contribution is 0.527. The van der Waals surface area contributed by atoms with Gasteiger partial charge in [-0.3, -0.25) is 4.68 Å². The molecule has 2 aromatic rings. The number of aryl methyl sites for hydroxylation is 3. The van der Waals surface area contributed by atoms with Crippen molar-refractivity contribution in [3.05, 3.63) is 30.1 Å². The van der Waals surface area contributed by atoms with Crippen LogP contribution in [-0.2, 0) is 13.1 Å². The van der Waals surface area contributed by atoms with Crippen molar-refractivity contribution in [2.45, 2.75) is 26.9 Å². The maximum absolute atomic E-state index is 5.58. The Hall–Kier alpha value is -1.78. The third-order valence-corrected chi connectivity index (χ3v) is 2.57. The number of nitrogens with zero attached hydrogens (tertiary/aromatic N) is 4. The second-order valence-corrected chi connectivity index (χ2v) is 3.65. The van der Waals surface area contributed by atoms with E-state index in [-0.39, 0.29) is 0 Å². The lowest BCUT2D eigenvalue weighted by atomic mass is 10.4. The van der Waals surface area contributed by atoms with E-state index in [9.17, 15) is 0 Å². The van der Waals surface area contributed by atoms with Gasteiger partial charge in [0.25, 0.3) is 0 Å². The number of imidazole rings is 1. The van der Waals surface area contributed by atoms with Gasteiger partial charge in [0.05, 0.1) is 30.5 Å². The molecule has 0 aliphatic carbocycles. The maximum atomic E-state index is 5.58. The number of aromatic nitrogens is 4. The first kappa shape index (κ1) is 9.76. The van der Waals surface area contributed by atoms with Crippen molar-refractivity contribution in [1.29, 1.82) is 0 Å². The molecule has 0 aliphatic heterocycles. The highest BCUT2D eigenvalue weighted by atomic mass is 15.3. The van der Waals surface area contributed by atoms with Gasteiger partial charge in [0.2, 0.25) is 0 Å². The van der Waals surface area contributed by atoms with Gasteiger partial charge in [-0.2, -0.15) is 5.10 Å². The Labute approximate surface area is 88.5 Å². The largest absolute Gasteiger partial charge is 0.396 e. The molecule has 0 spiro atoms. The van der Waals surface area contributed by atoms with Crippen molar-refractivity contribution < 1.29 is 0 Å². The lowest BCUT2D eigenvalue weighted by Gasteiger charge is -2.05. The maximum Gasteiger partial charge on any atom is 0.0952 e. The molecule has 0 saturated heterocycles. The van der Waals surface area contributed by atoms with Crippen molar-refractivity contribution in [3.63, 3.8) is 0 Å². The Morgan fingerprint density at radius 3 is 2.67 bits per heavy atom. The number of hydrogen-bond acceptors (Lipinski definition) is 3. The van der Waals surface area contributed by atoms with Crippen molar-refractivity contribution in [2.24, 2.45) is 0 Å². The highest BCUT2D eigenvalue weighted by Gasteiger charge is 2.01. The summed E-state index contributed by atoms with van der Waals surface area (Å²) in [5, 5.41) is 4.13. The molecule has 0 aromatic carbocycles. The fraction of sp³-hybridized carbons (Fsp3) is 0.400. The molecule has 2 N–H and O–H groups in total. The molecule has 5 heteroatoms. The molecule has 80 valence electrons. The zero-order valence-corrected chi connectivity index (χ0v) is 9.01. The van der Waals surface area contributed by atoms with Crippen LogP contribution in [0.1, 0.15) is 11.4 Å². The van der Waals surface area contributed by atoms with Crippen LogP contribution in [-0.4, -0.2) is 19.3 Å². The molecule has 0 saturated carbocycles. The average molecular weight is 205 g/mol. The first-order valence-electron chi connectivity index (χ1n) is 4.93. The Morgan fingerprint density at radius 1 is 1.33 bits per heavy atom. The molecule has 0 bridgehead atoms. The summed E-state index contributed by atoms with van der Waals surface area (Å²) in [6.07, 6.45) is 5.35. The molecule has 2 rings (SSSR count). The normalized spacial score (nSPS) is 10.8. The minimum absolute atomic E-state index is 0.702. The summed E-state index contributed by atoms with van der Waals surface area (Å²) in [7, 11) is 0. The Bertz CT molecular complexity index is 454. The average Bonchev–Trinajstić information content (AvgIpc) is 2.74. The Balaban J connectivity index is 2.02. The van der Waals surface area contributed by atoms with Gasteiger partial charge in [-0.25, -0.2) is 4.98 Å². The molecule has 2 heterocycles. The molecule has 0 fully saturated rings. The summed E-state index contributed by atoms with van der Waals surface area (Å²) in [4.78, 5) is 4.24. The highest BCUT2D eigenvalue weighted by molar-refractivity contribution is 5.30. The van der Waals surface area contributed by atoms with Crippen LogP contribution >= 0.6 is 0 Å². The quantitative estimate of drug-likeness (QED) is 0.812. The molecule has 0 atom stereocenters. The van der Waals surface area contributed by atoms with Crippen molar-refractivity contribution in [1.82, 2.24) is 19.3 Å². The van der Waals surface area contributed by atoms with Gasteiger partial charge in [0.15, 0.2) is 0 Å². The number of anilines is 1. The number of rotatable bonds is 3. The molecular formula is C10H15N5. The number of nitrogen functional groups attached to an aromatic ring is 1. The number of hydrogen-bond donors (Lipinski definition) is 1. The summed E-state index contributed by atoms with van der Waals surface area (Å²) in [6.45, 7) is 5.76. The second-order valence-electron chi connectivity index (χ2n) is 3.65. The van der Waals surface area contributed by atoms with Gasteiger partial charge in [-0.05, 0) is 13.8 Å². The zero-order chi connectivity index (χ0) is 10.8. The fourth-order valence-corrected chi connectivity index (χ4v) is 1.48. The topological polar surface area (TPSA) is 61.7 Å². The smallest absolute Gasteiger partial charge is 0.0952 e. The van der Waals surface area contributed by atoms with E-state index in [2.05, 4.69) is 21.6 Å². The van der Waals surface area contributed by atoms with Gasteiger partial charge in [-0.15, -0.1) is 0 Å². The summed E-state index contributed by atoms with van der Waals surface area (Å²) in [6, 6.07) is 0. The van der Waals surface area contributed by atoms with E-state index in [0.29, 0.717) is 5.69 Å². The first-order valence-corrected chi connectivity index (χ1v) is 4.93. The number of nitrogens with two attached hydrogens (primary N) is 1. The molecule has 2 aromatic heterocycles. The van der Waals surface area contributed by atoms with Gasteiger partial charge >= 0.3 is 0 Å². The monoisotopic (exact) mass is 205 g/mol. The molecule has 0 aliphatic rings. The van der Waals surface area contributed by atoms with E-state index in [1.807, 2.05) is 24.1 Å². The Morgan fingerprint density at radius 2 is 2.13 bits per heavy atom. The van der Waals surface area contributed by atoms with Crippen molar-refractivity contribution >= 4 is 5.69 Å². The molecule has 15 heavy (non-hydrogen) atoms. The molecule has 0 radical (unpaired) electrons. The van der Waals surface area contributed by atoms with Gasteiger partial charge < -0.3 is 10.3 Å². The molecule has 0 unspecified atom stereocenters. The van der Waals surface area contributed by atoms with Crippen LogP contribution in [0.5, 0.6) is 0 Å². The predicted octanol–water partition coefficient (Wildman–Crippen LogP) is 0.979. The summed E-state index contributed by atoms with van der Waals surface area (Å²) >= 11 is 0. The van der Waals surface area contributed by atoms with Crippen LogP contribution in [0.3, 0.4) is 0 Å². The standard InChI is InChI=1S/C10H15N5/c1-8-9(2)14(7-12-8)3-4-15-6-10(11)5-13-15/h5-7H,3-4,11H2,1-2H3. The van der Waals surface area contributed by atoms with Crippen LogP contribution in [0, 0.1) is 13.8 Å². The van der Waals surface area contributed by atoms with Gasteiger partial charge in [0, 0.05) is 18.4 Å². The first-order chi connectivity index (χ1) is 7.16. The minimum atomic E-state index is 0.702. The molecular weight excluding hydrogens is 190 g/mol. The van der Waals surface area contributed by atoms with Crippen molar-refractivity contribution in [3.8, 4) is 0 Å². The van der Waals surface area contributed by atoms with E-state index >= 15 is 0 Å². The minimum Gasteiger partial charge on any atom is -0.396 e. The second kappa shape index (κ2) is 3.76. The lowest BCUT2D eigenvalue weighted by Crippen LogP contribution is -2.08. The summed E-state index contributed by atoms with van der Waals surface area (Å²) < 4.78 is 3.96. The van der Waals surface area contributed by atoms with E-state index in [1.165, 1.54) is 5.69 Å². The van der Waals surface area contributed by atoms with Crippen LogP contribution in [0.25, 0.3) is 0 Å². The third kappa shape index (κ3) is 2.01. The van der Waals surface area contributed by atoms with E-state index < -0.39 is 0 Å². The fourth-order valence-electron chi connectivity index (χ4n) is 1.48. The predicted molar refractivity (Wildman–Crippen MR) is 58.3 cm³/mol. The highest BCUT2D eigenvalue weighted by Crippen LogP contribution is 2.05. The van der Waals surface area contributed by atoms with E-state index in [4.69, 9.17) is 5.73 Å². The van der Waals surface area contributed by atoms with Crippen LogP contribution in [0.2, 0.25) is 0 Å². The molecule has 5 nitrogen and oxygen atoms in total. The van der Waals surface area contributed by atoms with Crippen LogP contribution in [0.4, 0.5) is 5.69 Å². The third-order valence-electron chi connectivity index (χ3n) is 2.57. The zero-order valence-electron chi connectivity index (χ0n) is 9.01. The van der Waals surface area contributed by atoms with Gasteiger partial charge in [0.1, 0.15) is 0 Å². The molecule has 0 amide bonds. The van der Waals surface area contributed by atoms with Gasteiger partial charge in [-0.1, -0.05) is 0 Å². The Kier molecular flexibility index (Phi) is 2.45. The summed E-state index contributed by atoms with van der Waals surface area (Å²) in [5.74, 6) is 0. The van der Waals surface area contributed by atoms with Crippen molar-refractivity contribution in [2.75, 3.05) is 5.73 Å². The van der Waals surface area contributed by atoms with E-state index in [0.717, 1.165) is 18.8 Å². The summed E-state index contributed by atoms with van der Waals surface area (Å²) in [5.41, 5.74) is 8.56. The SMILES string of the molecule is Cc1ncn(CCn2cc(N)cn2)c1C. The van der Waals surface area contributed by atoms with Crippen LogP contribution < -0.4 is 5.73 Å². The van der Waals surface area contributed by atoms with E-state index in [1.54, 1.807) is 6.20 Å². The van der Waals surface area contributed by atoms with Crippen LogP contribution in [0.15, 0.2) is 18.7 Å².